The molecule has 186 valence electrons. The predicted molar refractivity (Wildman–Crippen MR) is 128 cm³/mol. The van der Waals surface area contributed by atoms with Gasteiger partial charge in [0.15, 0.2) is 11.5 Å². The summed E-state index contributed by atoms with van der Waals surface area (Å²) in [4.78, 5) is 15.7. The second-order valence-corrected chi connectivity index (χ2v) is 11.8. The van der Waals surface area contributed by atoms with E-state index in [9.17, 15) is 13.2 Å². The summed E-state index contributed by atoms with van der Waals surface area (Å²) in [5.74, 6) is 1.47. The van der Waals surface area contributed by atoms with Crippen LogP contribution in [0.1, 0.15) is 47.2 Å². The summed E-state index contributed by atoms with van der Waals surface area (Å²) in [6.45, 7) is 3.73. The van der Waals surface area contributed by atoms with Crippen LogP contribution in [0.25, 0.3) is 0 Å². The Bertz CT molecular complexity index is 1230. The maximum atomic E-state index is 13.6. The van der Waals surface area contributed by atoms with E-state index in [2.05, 4.69) is 6.07 Å². The number of hydrogen-bond donors (Lipinski definition) is 0. The van der Waals surface area contributed by atoms with Gasteiger partial charge in [0.05, 0.1) is 18.1 Å². The van der Waals surface area contributed by atoms with E-state index < -0.39 is 10.0 Å². The van der Waals surface area contributed by atoms with Crippen LogP contribution in [0.15, 0.2) is 41.3 Å². The Morgan fingerprint density at radius 2 is 1.54 bits per heavy atom. The van der Waals surface area contributed by atoms with Crippen LogP contribution in [0.2, 0.25) is 0 Å². The highest BCUT2D eigenvalue weighted by molar-refractivity contribution is 7.89. The van der Waals surface area contributed by atoms with Crippen LogP contribution in [0.4, 0.5) is 0 Å². The SMILES string of the molecule is O=C(c1ccc(S(=O)(=O)N2CCOCC2)cc1)N1Cc2cc3c(cc2C2(CCCC2)C1)OCCO3. The zero-order valence-corrected chi connectivity index (χ0v) is 20.5. The van der Waals surface area contributed by atoms with Gasteiger partial charge in [0.25, 0.3) is 5.91 Å². The van der Waals surface area contributed by atoms with Crippen molar-refractivity contribution in [2.24, 2.45) is 0 Å². The van der Waals surface area contributed by atoms with Crippen molar-refractivity contribution >= 4 is 15.9 Å². The molecule has 1 spiro atoms. The predicted octanol–water partition coefficient (Wildman–Crippen LogP) is 2.95. The topological polar surface area (TPSA) is 85.4 Å². The third-order valence-corrected chi connectivity index (χ3v) is 9.66. The van der Waals surface area contributed by atoms with Gasteiger partial charge >= 0.3 is 0 Å². The minimum atomic E-state index is -3.59. The largest absolute Gasteiger partial charge is 0.486 e. The number of hydrogen-bond acceptors (Lipinski definition) is 6. The second kappa shape index (κ2) is 8.80. The number of carbonyl (C=O) groups is 1. The van der Waals surface area contributed by atoms with E-state index in [-0.39, 0.29) is 16.2 Å². The first-order chi connectivity index (χ1) is 17.0. The zero-order chi connectivity index (χ0) is 24.0. The molecule has 8 nitrogen and oxygen atoms in total. The molecule has 9 heteroatoms. The molecule has 2 aromatic carbocycles. The lowest BCUT2D eigenvalue weighted by molar-refractivity contribution is 0.0668. The molecule has 1 saturated carbocycles. The average molecular weight is 499 g/mol. The molecule has 1 amide bonds. The highest BCUT2D eigenvalue weighted by atomic mass is 32.2. The van der Waals surface area contributed by atoms with Crippen LogP contribution in [0, 0.1) is 0 Å². The van der Waals surface area contributed by atoms with Gasteiger partial charge in [0.2, 0.25) is 10.0 Å². The van der Waals surface area contributed by atoms with Crippen LogP contribution in [0.3, 0.4) is 0 Å². The number of nitrogens with zero attached hydrogens (tertiary/aromatic N) is 2. The Morgan fingerprint density at radius 1 is 0.886 bits per heavy atom. The molecular weight excluding hydrogens is 468 g/mol. The third-order valence-electron chi connectivity index (χ3n) is 7.75. The monoisotopic (exact) mass is 498 g/mol. The van der Waals surface area contributed by atoms with Gasteiger partial charge < -0.3 is 19.1 Å². The summed E-state index contributed by atoms with van der Waals surface area (Å²) in [7, 11) is -3.59. The van der Waals surface area contributed by atoms with Gasteiger partial charge in [-0.05, 0) is 60.4 Å². The van der Waals surface area contributed by atoms with E-state index in [1.807, 2.05) is 11.0 Å². The lowest BCUT2D eigenvalue weighted by Crippen LogP contribution is -2.47. The van der Waals surface area contributed by atoms with Crippen LogP contribution in [-0.2, 0) is 26.7 Å². The standard InChI is InChI=1S/C26H30N2O6S/c29-25(19-3-5-21(6-4-19)35(30,31)28-9-11-32-12-10-28)27-17-20-15-23-24(34-14-13-33-23)16-22(20)26(18-27)7-1-2-8-26/h3-6,15-16H,1-2,7-14,17-18H2. The summed E-state index contributed by atoms with van der Waals surface area (Å²) in [6, 6.07) is 10.5. The lowest BCUT2D eigenvalue weighted by Gasteiger charge is -2.43. The molecule has 0 unspecified atom stereocenters. The number of morpholine rings is 1. The van der Waals surface area contributed by atoms with Gasteiger partial charge in [-0.15, -0.1) is 0 Å². The number of benzene rings is 2. The smallest absolute Gasteiger partial charge is 0.254 e. The molecule has 3 heterocycles. The fraction of sp³-hybridized carbons (Fsp3) is 0.500. The molecule has 35 heavy (non-hydrogen) atoms. The first-order valence-electron chi connectivity index (χ1n) is 12.4. The zero-order valence-electron chi connectivity index (χ0n) is 19.7. The molecule has 1 aliphatic carbocycles. The van der Waals surface area contributed by atoms with E-state index >= 15 is 0 Å². The third kappa shape index (κ3) is 3.99. The number of fused-ring (bicyclic) bond motifs is 3. The molecule has 0 N–H and O–H groups in total. The molecule has 1 saturated heterocycles. The fourth-order valence-corrected chi connectivity index (χ4v) is 7.39. The maximum Gasteiger partial charge on any atom is 0.254 e. The van der Waals surface area contributed by atoms with Crippen molar-refractivity contribution in [1.82, 2.24) is 9.21 Å². The summed E-state index contributed by atoms with van der Waals surface area (Å²) in [5.41, 5.74) is 2.83. The first kappa shape index (κ1) is 22.8. The second-order valence-electron chi connectivity index (χ2n) is 9.84. The normalized spacial score (nSPS) is 21.7. The number of sulfonamides is 1. The molecule has 0 aromatic heterocycles. The number of carbonyl (C=O) groups excluding carboxylic acids is 1. The minimum absolute atomic E-state index is 0.0707. The molecule has 4 aliphatic rings. The van der Waals surface area contributed by atoms with Gasteiger partial charge in [-0.1, -0.05) is 12.8 Å². The summed E-state index contributed by atoms with van der Waals surface area (Å²) in [5, 5.41) is 0. The molecule has 0 atom stereocenters. The molecule has 0 radical (unpaired) electrons. The van der Waals surface area contributed by atoms with E-state index in [4.69, 9.17) is 14.2 Å². The van der Waals surface area contributed by atoms with Crippen molar-refractivity contribution in [2.75, 3.05) is 46.1 Å². The van der Waals surface area contributed by atoms with Crippen molar-refractivity contribution in [1.29, 1.82) is 0 Å². The van der Waals surface area contributed by atoms with Gasteiger partial charge in [0.1, 0.15) is 13.2 Å². The minimum Gasteiger partial charge on any atom is -0.486 e. The molecule has 3 aliphatic heterocycles. The lowest BCUT2D eigenvalue weighted by atomic mass is 9.73. The van der Waals surface area contributed by atoms with E-state index in [1.165, 1.54) is 9.87 Å². The summed E-state index contributed by atoms with van der Waals surface area (Å²) in [6.07, 6.45) is 4.37. The van der Waals surface area contributed by atoms with Crippen LogP contribution in [-0.4, -0.2) is 69.6 Å². The van der Waals surface area contributed by atoms with Crippen molar-refractivity contribution in [3.05, 3.63) is 53.1 Å². The van der Waals surface area contributed by atoms with Gasteiger partial charge in [-0.2, -0.15) is 4.31 Å². The first-order valence-corrected chi connectivity index (χ1v) is 13.8. The Labute approximate surface area is 205 Å². The van der Waals surface area contributed by atoms with Gasteiger partial charge in [-0.25, -0.2) is 8.42 Å². The molecule has 2 aromatic rings. The number of ether oxygens (including phenoxy) is 3. The van der Waals surface area contributed by atoms with Crippen molar-refractivity contribution < 1.29 is 27.4 Å². The fourth-order valence-electron chi connectivity index (χ4n) is 5.98. The van der Waals surface area contributed by atoms with Gasteiger partial charge in [-0.3, -0.25) is 4.79 Å². The highest BCUT2D eigenvalue weighted by Crippen LogP contribution is 2.49. The van der Waals surface area contributed by atoms with Crippen LogP contribution in [0.5, 0.6) is 11.5 Å². The molecule has 2 fully saturated rings. The highest BCUT2D eigenvalue weighted by Gasteiger charge is 2.44. The van der Waals surface area contributed by atoms with Crippen LogP contribution >= 0.6 is 0 Å². The Balaban J connectivity index is 1.27. The van der Waals surface area contributed by atoms with Crippen molar-refractivity contribution in [3.8, 4) is 11.5 Å². The molecule has 6 rings (SSSR count). The summed E-state index contributed by atoms with van der Waals surface area (Å²) >= 11 is 0. The number of amides is 1. The maximum absolute atomic E-state index is 13.6. The van der Waals surface area contributed by atoms with Crippen molar-refractivity contribution in [2.45, 2.75) is 42.5 Å². The Hall–Kier alpha value is -2.62. The molecular formula is C26H30N2O6S. The molecule has 0 bridgehead atoms. The van der Waals surface area contributed by atoms with Gasteiger partial charge in [0, 0.05) is 37.2 Å². The van der Waals surface area contributed by atoms with E-state index in [0.717, 1.165) is 42.7 Å². The van der Waals surface area contributed by atoms with Crippen LogP contribution < -0.4 is 9.47 Å². The average Bonchev–Trinajstić information content (AvgIpc) is 3.36. The Kier molecular flexibility index (Phi) is 5.74. The summed E-state index contributed by atoms with van der Waals surface area (Å²) < 4.78 is 44.3. The quantitative estimate of drug-likeness (QED) is 0.647. The van der Waals surface area contributed by atoms with Crippen molar-refractivity contribution in [3.63, 3.8) is 0 Å². The van der Waals surface area contributed by atoms with E-state index in [0.29, 0.717) is 58.2 Å². The number of rotatable bonds is 3. The Morgan fingerprint density at radius 3 is 2.23 bits per heavy atom. The van der Waals surface area contributed by atoms with E-state index in [1.54, 1.807) is 24.3 Å².